The number of rotatable bonds is 2. The van der Waals surface area contributed by atoms with Crippen molar-refractivity contribution in [3.63, 3.8) is 0 Å². The van der Waals surface area contributed by atoms with Crippen molar-refractivity contribution in [3.05, 3.63) is 82.8 Å². The number of carbonyl (C=O) groups is 2. The molecule has 0 radical (unpaired) electrons. The van der Waals surface area contributed by atoms with Gasteiger partial charge in [0.1, 0.15) is 11.6 Å². The molecule has 1 amide bonds. The molecule has 3 aliphatic rings. The molecule has 0 aliphatic carbocycles. The van der Waals surface area contributed by atoms with Gasteiger partial charge in [-0.1, -0.05) is 24.3 Å². The van der Waals surface area contributed by atoms with Gasteiger partial charge in [0.15, 0.2) is 0 Å². The second kappa shape index (κ2) is 11.1. The smallest absolute Gasteiger partial charge is 0.251 e. The Labute approximate surface area is 223 Å². The van der Waals surface area contributed by atoms with Gasteiger partial charge in [0.05, 0.1) is 11.7 Å². The maximum Gasteiger partial charge on any atom is 0.251 e. The first-order valence-electron chi connectivity index (χ1n) is 13.8. The highest BCUT2D eigenvalue weighted by molar-refractivity contribution is 5.94. The highest BCUT2D eigenvalue weighted by atomic mass is 16.5. The number of fused-ring (bicyclic) bond motifs is 8. The van der Waals surface area contributed by atoms with E-state index in [4.69, 9.17) is 9.72 Å². The van der Waals surface area contributed by atoms with Gasteiger partial charge in [0.25, 0.3) is 5.91 Å². The van der Waals surface area contributed by atoms with Crippen molar-refractivity contribution in [1.29, 1.82) is 0 Å². The fourth-order valence-corrected chi connectivity index (χ4v) is 5.96. The molecule has 0 spiro atoms. The van der Waals surface area contributed by atoms with Gasteiger partial charge in [0.2, 0.25) is 0 Å². The minimum Gasteiger partial charge on any atom is -0.381 e. The van der Waals surface area contributed by atoms with Gasteiger partial charge in [-0.25, -0.2) is 9.97 Å². The lowest BCUT2D eigenvalue weighted by Crippen LogP contribution is -2.39. The first-order chi connectivity index (χ1) is 18.6. The summed E-state index contributed by atoms with van der Waals surface area (Å²) in [6, 6.07) is 16.4. The van der Waals surface area contributed by atoms with Crippen LogP contribution in [0.25, 0.3) is 11.3 Å². The molecule has 7 nitrogen and oxygen atoms in total. The van der Waals surface area contributed by atoms with Crippen LogP contribution >= 0.6 is 0 Å². The van der Waals surface area contributed by atoms with Gasteiger partial charge in [-0.15, -0.1) is 0 Å². The van der Waals surface area contributed by atoms with Crippen LogP contribution in [0, 0.1) is 0 Å². The Balaban J connectivity index is 1.37. The summed E-state index contributed by atoms with van der Waals surface area (Å²) in [5.41, 5.74) is 5.74. The number of aryl methyl sites for hydroxylation is 1. The second-order valence-corrected chi connectivity index (χ2v) is 10.7. The first-order valence-corrected chi connectivity index (χ1v) is 13.8. The van der Waals surface area contributed by atoms with E-state index >= 15 is 0 Å². The molecule has 2 aromatic carbocycles. The molecule has 1 N–H and O–H groups in total. The first kappa shape index (κ1) is 24.9. The van der Waals surface area contributed by atoms with Crippen molar-refractivity contribution < 1.29 is 14.3 Å². The normalized spacial score (nSPS) is 20.6. The van der Waals surface area contributed by atoms with Gasteiger partial charge in [0, 0.05) is 56.0 Å². The number of ketones is 1. The van der Waals surface area contributed by atoms with Gasteiger partial charge in [-0.2, -0.15) is 0 Å². The summed E-state index contributed by atoms with van der Waals surface area (Å²) in [7, 11) is 0. The van der Waals surface area contributed by atoms with Crippen LogP contribution in [0.3, 0.4) is 0 Å². The molecule has 2 saturated heterocycles. The van der Waals surface area contributed by atoms with Crippen molar-refractivity contribution in [1.82, 2.24) is 20.2 Å². The molecular weight excluding hydrogens is 476 g/mol. The molecule has 38 heavy (non-hydrogen) atoms. The standard InChI is InChI=1S/C31H34N4O3/c36-29-7-6-21-3-1-4-24(16-21)27-8-11-32-30(34-27)19-22-15-23(20-35-12-2-5-28(29)35)18-25(17-22)31(37)33-26-9-13-38-14-10-26/h1,3-4,8,11,15-18,26,28H,2,5-7,9-10,12-14,19-20H2,(H,33,37)/t28-/m0/s1. The van der Waals surface area contributed by atoms with Crippen molar-refractivity contribution in [2.75, 3.05) is 19.8 Å². The molecule has 6 bridgehead atoms. The number of nitrogens with one attached hydrogen (secondary N) is 1. The maximum absolute atomic E-state index is 13.3. The Morgan fingerprint density at radius 1 is 0.974 bits per heavy atom. The fourth-order valence-electron chi connectivity index (χ4n) is 5.96. The number of benzene rings is 2. The maximum atomic E-state index is 13.3. The summed E-state index contributed by atoms with van der Waals surface area (Å²) in [6.45, 7) is 2.90. The van der Waals surface area contributed by atoms with Gasteiger partial charge < -0.3 is 10.1 Å². The topological polar surface area (TPSA) is 84.4 Å². The number of aromatic nitrogens is 2. The lowest BCUT2D eigenvalue weighted by Gasteiger charge is -2.25. The van der Waals surface area contributed by atoms with Crippen LogP contribution in [0.1, 0.15) is 65.0 Å². The van der Waals surface area contributed by atoms with Gasteiger partial charge >= 0.3 is 0 Å². The van der Waals surface area contributed by atoms with Crippen LogP contribution in [0.4, 0.5) is 0 Å². The van der Waals surface area contributed by atoms with Crippen molar-refractivity contribution >= 4 is 11.7 Å². The molecule has 0 unspecified atom stereocenters. The van der Waals surface area contributed by atoms with Crippen molar-refractivity contribution in [3.8, 4) is 11.3 Å². The third-order valence-electron chi connectivity index (χ3n) is 7.94. The minimum atomic E-state index is -0.0645. The highest BCUT2D eigenvalue weighted by Crippen LogP contribution is 2.26. The molecule has 3 aromatic rings. The van der Waals surface area contributed by atoms with Crippen LogP contribution in [0.5, 0.6) is 0 Å². The molecule has 3 aliphatic heterocycles. The molecule has 4 heterocycles. The Bertz CT molecular complexity index is 1330. The van der Waals surface area contributed by atoms with Crippen LogP contribution in [-0.2, 0) is 28.9 Å². The Morgan fingerprint density at radius 3 is 2.74 bits per heavy atom. The zero-order chi connectivity index (χ0) is 25.9. The summed E-state index contributed by atoms with van der Waals surface area (Å²) in [4.78, 5) is 38.3. The van der Waals surface area contributed by atoms with E-state index in [0.29, 0.717) is 43.9 Å². The van der Waals surface area contributed by atoms with E-state index in [1.54, 1.807) is 6.20 Å². The quantitative estimate of drug-likeness (QED) is 0.558. The van der Waals surface area contributed by atoms with Crippen LogP contribution in [0.2, 0.25) is 0 Å². The number of nitrogens with zero attached hydrogens (tertiary/aromatic N) is 3. The van der Waals surface area contributed by atoms with Gasteiger partial charge in [-0.05, 0) is 79.6 Å². The number of Topliss-reactive ketones (excluding diaryl/α,β-unsaturated/α-hetero) is 1. The SMILES string of the molecule is O=C(NC1CCOCC1)c1cc2cc(c1)CN1CCC[C@H]1C(=O)CCc1cccc(c1)-c1ccnc(n1)C2. The zero-order valence-corrected chi connectivity index (χ0v) is 21.7. The van der Waals surface area contributed by atoms with E-state index in [0.717, 1.165) is 72.4 Å². The minimum absolute atomic E-state index is 0.0602. The highest BCUT2D eigenvalue weighted by Gasteiger charge is 2.30. The summed E-state index contributed by atoms with van der Waals surface area (Å²) >= 11 is 0. The van der Waals surface area contributed by atoms with E-state index < -0.39 is 0 Å². The molecule has 7 heteroatoms. The van der Waals surface area contributed by atoms with E-state index in [-0.39, 0.29) is 18.0 Å². The van der Waals surface area contributed by atoms with Gasteiger partial charge in [-0.3, -0.25) is 14.5 Å². The predicted octanol–water partition coefficient (Wildman–Crippen LogP) is 4.12. The number of amides is 1. The number of ether oxygens (including phenoxy) is 1. The number of carbonyl (C=O) groups excluding carboxylic acids is 2. The molecule has 6 rings (SSSR count). The molecule has 2 fully saturated rings. The Kier molecular flexibility index (Phi) is 7.29. The average molecular weight is 511 g/mol. The van der Waals surface area contributed by atoms with Crippen molar-refractivity contribution in [2.24, 2.45) is 0 Å². The van der Waals surface area contributed by atoms with E-state index in [1.807, 2.05) is 24.3 Å². The second-order valence-electron chi connectivity index (χ2n) is 10.7. The summed E-state index contributed by atoms with van der Waals surface area (Å²) in [5, 5.41) is 3.20. The zero-order valence-electron chi connectivity index (χ0n) is 21.7. The summed E-state index contributed by atoms with van der Waals surface area (Å²) in [6.07, 6.45) is 7.15. The third-order valence-corrected chi connectivity index (χ3v) is 7.94. The Hall–Kier alpha value is -3.42. The average Bonchev–Trinajstić information content (AvgIpc) is 3.40. The Morgan fingerprint density at radius 2 is 1.84 bits per heavy atom. The monoisotopic (exact) mass is 510 g/mol. The summed E-state index contributed by atoms with van der Waals surface area (Å²) < 4.78 is 5.45. The van der Waals surface area contributed by atoms with E-state index in [2.05, 4.69) is 39.5 Å². The van der Waals surface area contributed by atoms with Crippen LogP contribution in [-0.4, -0.2) is 58.4 Å². The predicted molar refractivity (Wildman–Crippen MR) is 145 cm³/mol. The van der Waals surface area contributed by atoms with E-state index in [1.165, 1.54) is 0 Å². The lowest BCUT2D eigenvalue weighted by molar-refractivity contribution is -0.123. The van der Waals surface area contributed by atoms with Crippen LogP contribution < -0.4 is 5.32 Å². The molecule has 196 valence electrons. The van der Waals surface area contributed by atoms with E-state index in [9.17, 15) is 9.59 Å². The fraction of sp³-hybridized carbons (Fsp3) is 0.419. The number of hydrogen-bond acceptors (Lipinski definition) is 6. The lowest BCUT2D eigenvalue weighted by atomic mass is 9.98. The molecule has 0 saturated carbocycles. The van der Waals surface area contributed by atoms with Crippen molar-refractivity contribution in [2.45, 2.75) is 63.6 Å². The third kappa shape index (κ3) is 5.69. The molecular formula is C31H34N4O3. The van der Waals surface area contributed by atoms with Crippen LogP contribution in [0.15, 0.2) is 54.7 Å². The molecule has 1 aromatic heterocycles. The largest absolute Gasteiger partial charge is 0.381 e. The molecule has 1 atom stereocenters. The summed E-state index contributed by atoms with van der Waals surface area (Å²) in [5.74, 6) is 0.968. The number of hydrogen-bond donors (Lipinski definition) is 1.